The summed E-state index contributed by atoms with van der Waals surface area (Å²) in [5.41, 5.74) is 0. The van der Waals surface area contributed by atoms with Crippen LogP contribution in [0.1, 0.15) is 18.0 Å². The molecule has 1 fully saturated rings. The van der Waals surface area contributed by atoms with Gasteiger partial charge in [-0.1, -0.05) is 23.4 Å². The van der Waals surface area contributed by atoms with Crippen LogP contribution in [0.25, 0.3) is 0 Å². The number of ether oxygens (including phenoxy) is 1. The topological polar surface area (TPSA) is 116 Å². The maximum Gasteiger partial charge on any atom is 0.230 e. The number of hydrogen-bond acceptors (Lipinski definition) is 8. The molecule has 0 radical (unpaired) electrons. The SMILES string of the molecule is O=C(CSc1nnc(COc2ccc(Cl)cc2)n1Cc1ccco1)NC1CCS(=O)(=O)C1. The van der Waals surface area contributed by atoms with Gasteiger partial charge in [0, 0.05) is 11.1 Å². The summed E-state index contributed by atoms with van der Waals surface area (Å²) in [5, 5.41) is 12.4. The van der Waals surface area contributed by atoms with Crippen LogP contribution < -0.4 is 10.1 Å². The van der Waals surface area contributed by atoms with E-state index in [0.29, 0.717) is 40.5 Å². The van der Waals surface area contributed by atoms with Gasteiger partial charge < -0.3 is 14.5 Å². The van der Waals surface area contributed by atoms with Gasteiger partial charge in [-0.3, -0.25) is 9.36 Å². The van der Waals surface area contributed by atoms with Gasteiger partial charge in [-0.05, 0) is 42.8 Å². The Balaban J connectivity index is 1.41. The molecule has 2 aromatic heterocycles. The minimum absolute atomic E-state index is 0.00965. The van der Waals surface area contributed by atoms with Crippen molar-refractivity contribution in [3.63, 3.8) is 0 Å². The number of thioether (sulfide) groups is 1. The molecule has 3 heterocycles. The molecule has 1 saturated heterocycles. The van der Waals surface area contributed by atoms with Crippen molar-refractivity contribution in [1.82, 2.24) is 20.1 Å². The third kappa shape index (κ3) is 6.05. The molecule has 1 aliphatic rings. The van der Waals surface area contributed by atoms with Gasteiger partial charge >= 0.3 is 0 Å². The zero-order chi connectivity index (χ0) is 22.6. The van der Waals surface area contributed by atoms with E-state index in [4.69, 9.17) is 20.8 Å². The van der Waals surface area contributed by atoms with Gasteiger partial charge in [-0.2, -0.15) is 0 Å². The molecular weight excluding hydrogens is 476 g/mol. The number of carbonyl (C=O) groups excluding carboxylic acids is 1. The van der Waals surface area contributed by atoms with Crippen LogP contribution in [0.15, 0.2) is 52.2 Å². The van der Waals surface area contributed by atoms with Crippen LogP contribution in [0.5, 0.6) is 5.75 Å². The number of carbonyl (C=O) groups is 1. The van der Waals surface area contributed by atoms with Gasteiger partial charge in [0.25, 0.3) is 0 Å². The fraction of sp³-hybridized carbons (Fsp3) is 0.350. The van der Waals surface area contributed by atoms with Crippen molar-refractivity contribution in [2.75, 3.05) is 17.3 Å². The number of sulfone groups is 1. The Kier molecular flexibility index (Phi) is 7.07. The Morgan fingerprint density at radius 3 is 2.78 bits per heavy atom. The Bertz CT molecular complexity index is 1160. The number of furan rings is 1. The summed E-state index contributed by atoms with van der Waals surface area (Å²) >= 11 is 7.12. The number of nitrogens with one attached hydrogen (secondary N) is 1. The molecule has 3 aromatic rings. The number of halogens is 1. The van der Waals surface area contributed by atoms with Gasteiger partial charge in [-0.25, -0.2) is 8.42 Å². The molecule has 1 N–H and O–H groups in total. The normalized spacial score (nSPS) is 17.3. The first kappa shape index (κ1) is 22.7. The summed E-state index contributed by atoms with van der Waals surface area (Å²) in [5.74, 6) is 1.86. The average molecular weight is 497 g/mol. The zero-order valence-corrected chi connectivity index (χ0v) is 19.3. The fourth-order valence-electron chi connectivity index (χ4n) is 3.24. The fourth-order valence-corrected chi connectivity index (χ4v) is 5.80. The van der Waals surface area contributed by atoms with E-state index in [-0.39, 0.29) is 35.8 Å². The molecule has 0 saturated carbocycles. The Labute approximate surface area is 194 Å². The number of rotatable bonds is 9. The smallest absolute Gasteiger partial charge is 0.230 e. The van der Waals surface area contributed by atoms with E-state index in [1.807, 2.05) is 10.6 Å². The minimum atomic E-state index is -3.05. The van der Waals surface area contributed by atoms with Crippen LogP contribution in [0.2, 0.25) is 5.02 Å². The second kappa shape index (κ2) is 9.97. The van der Waals surface area contributed by atoms with Gasteiger partial charge in [0.05, 0.1) is 30.1 Å². The van der Waals surface area contributed by atoms with Crippen molar-refractivity contribution >= 4 is 39.1 Å². The largest absolute Gasteiger partial charge is 0.486 e. The molecular formula is C20H21ClN4O5S2. The van der Waals surface area contributed by atoms with Gasteiger partial charge in [0.1, 0.15) is 18.1 Å². The average Bonchev–Trinajstić information content (AvgIpc) is 3.48. The molecule has 4 rings (SSSR count). The summed E-state index contributed by atoms with van der Waals surface area (Å²) in [4.78, 5) is 12.3. The maximum absolute atomic E-state index is 12.3. The lowest BCUT2D eigenvalue weighted by Gasteiger charge is -2.12. The third-order valence-corrected chi connectivity index (χ3v) is 7.79. The van der Waals surface area contributed by atoms with E-state index < -0.39 is 9.84 Å². The van der Waals surface area contributed by atoms with Gasteiger partial charge in [0.2, 0.25) is 5.91 Å². The van der Waals surface area contributed by atoms with Crippen molar-refractivity contribution in [3.05, 3.63) is 59.3 Å². The monoisotopic (exact) mass is 496 g/mol. The van der Waals surface area contributed by atoms with E-state index in [9.17, 15) is 13.2 Å². The van der Waals surface area contributed by atoms with Gasteiger partial charge in [0.15, 0.2) is 20.8 Å². The van der Waals surface area contributed by atoms with E-state index in [2.05, 4.69) is 15.5 Å². The third-order valence-electron chi connectivity index (χ3n) is 4.80. The first-order valence-corrected chi connectivity index (χ1v) is 13.0. The standard InChI is InChI=1S/C20H21ClN4O5S2/c21-14-3-5-16(6-4-14)30-11-18-23-24-20(25(18)10-17-2-1-8-29-17)31-12-19(26)22-15-7-9-32(27,28)13-15/h1-6,8,15H,7,9-13H2,(H,22,26). The summed E-state index contributed by atoms with van der Waals surface area (Å²) < 4.78 is 36.2. The highest BCUT2D eigenvalue weighted by molar-refractivity contribution is 7.99. The number of benzene rings is 1. The molecule has 12 heteroatoms. The molecule has 9 nitrogen and oxygen atoms in total. The quantitative estimate of drug-likeness (QED) is 0.449. The first-order valence-electron chi connectivity index (χ1n) is 9.83. The predicted molar refractivity (Wildman–Crippen MR) is 120 cm³/mol. The number of nitrogens with zero attached hydrogens (tertiary/aromatic N) is 3. The number of amides is 1. The van der Waals surface area contributed by atoms with Crippen LogP contribution in [0, 0.1) is 0 Å². The highest BCUT2D eigenvalue weighted by atomic mass is 35.5. The van der Waals surface area contributed by atoms with Crippen LogP contribution in [0.3, 0.4) is 0 Å². The zero-order valence-electron chi connectivity index (χ0n) is 16.9. The van der Waals surface area contributed by atoms with Crippen molar-refractivity contribution in [2.24, 2.45) is 0 Å². The predicted octanol–water partition coefficient (Wildman–Crippen LogP) is 2.55. The summed E-state index contributed by atoms with van der Waals surface area (Å²) in [6.45, 7) is 0.548. The first-order chi connectivity index (χ1) is 15.4. The molecule has 1 amide bonds. The van der Waals surface area contributed by atoms with Crippen molar-refractivity contribution in [1.29, 1.82) is 0 Å². The molecule has 0 spiro atoms. The Morgan fingerprint density at radius 1 is 1.28 bits per heavy atom. The van der Waals surface area contributed by atoms with E-state index in [1.165, 1.54) is 11.8 Å². The van der Waals surface area contributed by atoms with E-state index in [1.54, 1.807) is 36.6 Å². The molecule has 1 unspecified atom stereocenters. The Hall–Kier alpha value is -2.50. The molecule has 1 atom stereocenters. The summed E-state index contributed by atoms with van der Waals surface area (Å²) in [6.07, 6.45) is 2.03. The van der Waals surface area contributed by atoms with Crippen molar-refractivity contribution in [2.45, 2.75) is 30.8 Å². The van der Waals surface area contributed by atoms with Crippen LogP contribution >= 0.6 is 23.4 Å². The summed E-state index contributed by atoms with van der Waals surface area (Å²) in [7, 11) is -3.05. The van der Waals surface area contributed by atoms with Crippen LogP contribution in [-0.2, 0) is 27.8 Å². The molecule has 1 aliphatic heterocycles. The van der Waals surface area contributed by atoms with E-state index >= 15 is 0 Å². The number of aromatic nitrogens is 3. The molecule has 170 valence electrons. The lowest BCUT2D eigenvalue weighted by Crippen LogP contribution is -2.36. The highest BCUT2D eigenvalue weighted by Crippen LogP contribution is 2.21. The van der Waals surface area contributed by atoms with Crippen LogP contribution in [-0.4, -0.2) is 52.4 Å². The lowest BCUT2D eigenvalue weighted by molar-refractivity contribution is -0.119. The van der Waals surface area contributed by atoms with E-state index in [0.717, 1.165) is 0 Å². The second-order valence-electron chi connectivity index (χ2n) is 7.26. The highest BCUT2D eigenvalue weighted by Gasteiger charge is 2.29. The molecule has 1 aromatic carbocycles. The second-order valence-corrected chi connectivity index (χ2v) is 10.9. The van der Waals surface area contributed by atoms with Gasteiger partial charge in [-0.15, -0.1) is 10.2 Å². The Morgan fingerprint density at radius 2 is 2.09 bits per heavy atom. The lowest BCUT2D eigenvalue weighted by atomic mass is 10.3. The van der Waals surface area contributed by atoms with Crippen molar-refractivity contribution in [3.8, 4) is 5.75 Å². The minimum Gasteiger partial charge on any atom is -0.486 e. The maximum atomic E-state index is 12.3. The number of hydrogen-bond donors (Lipinski definition) is 1. The molecule has 32 heavy (non-hydrogen) atoms. The van der Waals surface area contributed by atoms with Crippen LogP contribution in [0.4, 0.5) is 0 Å². The molecule has 0 bridgehead atoms. The van der Waals surface area contributed by atoms with Crippen molar-refractivity contribution < 1.29 is 22.4 Å². The summed E-state index contributed by atoms with van der Waals surface area (Å²) in [6, 6.07) is 10.3. The molecule has 0 aliphatic carbocycles.